The van der Waals surface area contributed by atoms with E-state index in [-0.39, 0.29) is 31.0 Å². The molecule has 0 unspecified atom stereocenters. The van der Waals surface area contributed by atoms with Gasteiger partial charge in [0.25, 0.3) is 0 Å². The van der Waals surface area contributed by atoms with E-state index in [0.717, 1.165) is 48.5 Å². The summed E-state index contributed by atoms with van der Waals surface area (Å²) in [5.41, 5.74) is 2.58. The Kier molecular flexibility index (Phi) is 5.76. The Morgan fingerprint density at radius 3 is 2.95 bits per heavy atom. The molecule has 1 saturated heterocycles. The fourth-order valence-electron chi connectivity index (χ4n) is 2.57. The van der Waals surface area contributed by atoms with E-state index in [4.69, 9.17) is 4.74 Å². The molecule has 1 aliphatic heterocycles. The molecular formula is C15H21ClN4O2. The number of amides is 1. The van der Waals surface area contributed by atoms with Crippen molar-refractivity contribution in [3.8, 4) is 0 Å². The van der Waals surface area contributed by atoms with Crippen LogP contribution in [0.1, 0.15) is 18.7 Å². The lowest BCUT2D eigenvalue weighted by atomic mass is 10.1. The quantitative estimate of drug-likeness (QED) is 0.803. The molecule has 1 aromatic carbocycles. The van der Waals surface area contributed by atoms with Crippen molar-refractivity contribution >= 4 is 35.0 Å². The summed E-state index contributed by atoms with van der Waals surface area (Å²) in [6.07, 6.45) is 2.12. The molecule has 22 heavy (non-hydrogen) atoms. The maximum atomic E-state index is 11.9. The van der Waals surface area contributed by atoms with Crippen molar-refractivity contribution in [2.45, 2.75) is 25.9 Å². The van der Waals surface area contributed by atoms with Gasteiger partial charge in [-0.1, -0.05) is 0 Å². The predicted molar refractivity (Wildman–Crippen MR) is 88.6 cm³/mol. The third kappa shape index (κ3) is 4.19. The molecule has 1 amide bonds. The van der Waals surface area contributed by atoms with Crippen LogP contribution in [-0.2, 0) is 9.53 Å². The maximum Gasteiger partial charge on any atom is 0.250 e. The van der Waals surface area contributed by atoms with Gasteiger partial charge in [-0.3, -0.25) is 4.79 Å². The first-order chi connectivity index (χ1) is 10.2. The molecule has 1 fully saturated rings. The van der Waals surface area contributed by atoms with E-state index >= 15 is 0 Å². The highest BCUT2D eigenvalue weighted by atomic mass is 35.5. The summed E-state index contributed by atoms with van der Waals surface area (Å²) in [5.74, 6) is 0.742. The van der Waals surface area contributed by atoms with E-state index in [1.807, 2.05) is 25.1 Å². The van der Waals surface area contributed by atoms with Gasteiger partial charge in [0, 0.05) is 5.69 Å². The molecule has 0 aliphatic carbocycles. The molecule has 0 bridgehead atoms. The first-order valence-corrected chi connectivity index (χ1v) is 7.29. The molecule has 0 spiro atoms. The van der Waals surface area contributed by atoms with Gasteiger partial charge in [-0.05, 0) is 51.1 Å². The fraction of sp³-hybridized carbons (Fsp3) is 0.467. The maximum absolute atomic E-state index is 11.9. The van der Waals surface area contributed by atoms with Crippen LogP contribution < -0.4 is 10.6 Å². The minimum atomic E-state index is -0.121. The molecule has 2 aromatic rings. The molecule has 1 aliphatic rings. The Bertz CT molecular complexity index is 638. The summed E-state index contributed by atoms with van der Waals surface area (Å²) in [4.78, 5) is 19.4. The number of aryl methyl sites for hydroxylation is 1. The second-order valence-electron chi connectivity index (χ2n) is 5.36. The van der Waals surface area contributed by atoms with Crippen LogP contribution in [0, 0.1) is 6.92 Å². The summed E-state index contributed by atoms with van der Waals surface area (Å²) in [6, 6.07) is 5.63. The average Bonchev–Trinajstić information content (AvgIpc) is 2.85. The van der Waals surface area contributed by atoms with Gasteiger partial charge >= 0.3 is 0 Å². The lowest BCUT2D eigenvalue weighted by Crippen LogP contribution is -2.34. The van der Waals surface area contributed by atoms with E-state index in [2.05, 4.69) is 20.6 Å². The first kappa shape index (κ1) is 16.7. The Morgan fingerprint density at radius 2 is 2.18 bits per heavy atom. The van der Waals surface area contributed by atoms with Gasteiger partial charge in [-0.15, -0.1) is 12.4 Å². The zero-order chi connectivity index (χ0) is 14.7. The molecule has 3 N–H and O–H groups in total. The molecule has 0 atom stereocenters. The molecular weight excluding hydrogens is 304 g/mol. The predicted octanol–water partition coefficient (Wildman–Crippen LogP) is 2.00. The van der Waals surface area contributed by atoms with Crippen molar-refractivity contribution < 1.29 is 9.53 Å². The average molecular weight is 325 g/mol. The number of hydrogen-bond acceptors (Lipinski definition) is 4. The van der Waals surface area contributed by atoms with Gasteiger partial charge < -0.3 is 20.4 Å². The summed E-state index contributed by atoms with van der Waals surface area (Å²) in [5, 5.41) is 6.13. The second kappa shape index (κ2) is 7.58. The van der Waals surface area contributed by atoms with Crippen LogP contribution in [0.5, 0.6) is 0 Å². The van der Waals surface area contributed by atoms with Gasteiger partial charge in [0.15, 0.2) is 0 Å². The van der Waals surface area contributed by atoms with Crippen LogP contribution in [0.3, 0.4) is 0 Å². The number of anilines is 1. The van der Waals surface area contributed by atoms with Crippen LogP contribution >= 0.6 is 12.4 Å². The summed E-state index contributed by atoms with van der Waals surface area (Å²) >= 11 is 0. The van der Waals surface area contributed by atoms with Gasteiger partial charge in [0.05, 0.1) is 17.1 Å². The Labute approximate surface area is 135 Å². The number of fused-ring (bicyclic) bond motifs is 1. The van der Waals surface area contributed by atoms with E-state index in [1.165, 1.54) is 0 Å². The number of nitrogens with one attached hydrogen (secondary N) is 3. The third-order valence-corrected chi connectivity index (χ3v) is 3.62. The normalized spacial score (nSPS) is 15.5. The van der Waals surface area contributed by atoms with E-state index < -0.39 is 0 Å². The van der Waals surface area contributed by atoms with Crippen molar-refractivity contribution in [3.63, 3.8) is 0 Å². The van der Waals surface area contributed by atoms with E-state index in [0.29, 0.717) is 0 Å². The smallest absolute Gasteiger partial charge is 0.250 e. The van der Waals surface area contributed by atoms with Gasteiger partial charge in [0.2, 0.25) is 5.91 Å². The molecule has 0 saturated carbocycles. The number of carbonyl (C=O) groups excluding carboxylic acids is 1. The lowest BCUT2D eigenvalue weighted by molar-refractivity contribution is -0.123. The lowest BCUT2D eigenvalue weighted by Gasteiger charge is -2.22. The molecule has 1 aromatic heterocycles. The number of piperidine rings is 1. The third-order valence-electron chi connectivity index (χ3n) is 3.62. The van der Waals surface area contributed by atoms with Gasteiger partial charge in [-0.25, -0.2) is 4.98 Å². The molecule has 2 heterocycles. The van der Waals surface area contributed by atoms with Crippen LogP contribution in [-0.4, -0.2) is 41.7 Å². The number of H-pyrrole nitrogens is 1. The number of benzene rings is 1. The summed E-state index contributed by atoms with van der Waals surface area (Å²) < 4.78 is 5.64. The minimum Gasteiger partial charge on any atom is -0.368 e. The SMILES string of the molecule is Cc1nc2ccc(NC(=O)COC3CCNCC3)cc2[nH]1.Cl. The minimum absolute atomic E-state index is 0. The Balaban J connectivity index is 0.00000176. The van der Waals surface area contributed by atoms with Crippen molar-refractivity contribution in [1.82, 2.24) is 15.3 Å². The van der Waals surface area contributed by atoms with Crippen molar-refractivity contribution in [1.29, 1.82) is 0 Å². The van der Waals surface area contributed by atoms with Gasteiger partial charge in [-0.2, -0.15) is 0 Å². The number of hydrogen-bond donors (Lipinski definition) is 3. The highest BCUT2D eigenvalue weighted by Gasteiger charge is 2.15. The monoisotopic (exact) mass is 324 g/mol. The van der Waals surface area contributed by atoms with Crippen LogP contribution in [0.15, 0.2) is 18.2 Å². The zero-order valence-corrected chi connectivity index (χ0v) is 13.3. The number of halogens is 1. The van der Waals surface area contributed by atoms with Crippen molar-refractivity contribution in [3.05, 3.63) is 24.0 Å². The highest BCUT2D eigenvalue weighted by molar-refractivity contribution is 5.93. The number of aromatic amines is 1. The van der Waals surface area contributed by atoms with Crippen LogP contribution in [0.4, 0.5) is 5.69 Å². The Hall–Kier alpha value is -1.63. The number of ether oxygens (including phenoxy) is 1. The van der Waals surface area contributed by atoms with Crippen molar-refractivity contribution in [2.75, 3.05) is 25.0 Å². The Morgan fingerprint density at radius 1 is 1.41 bits per heavy atom. The molecule has 3 rings (SSSR count). The molecule has 0 radical (unpaired) electrons. The van der Waals surface area contributed by atoms with Crippen molar-refractivity contribution in [2.24, 2.45) is 0 Å². The molecule has 120 valence electrons. The van der Waals surface area contributed by atoms with E-state index in [1.54, 1.807) is 0 Å². The molecule has 7 heteroatoms. The van der Waals surface area contributed by atoms with Crippen LogP contribution in [0.25, 0.3) is 11.0 Å². The zero-order valence-electron chi connectivity index (χ0n) is 12.5. The van der Waals surface area contributed by atoms with Gasteiger partial charge in [0.1, 0.15) is 12.4 Å². The van der Waals surface area contributed by atoms with E-state index in [9.17, 15) is 4.79 Å². The highest BCUT2D eigenvalue weighted by Crippen LogP contribution is 2.17. The number of carbonyl (C=O) groups is 1. The number of aromatic nitrogens is 2. The second-order valence-corrected chi connectivity index (χ2v) is 5.36. The summed E-state index contributed by atoms with van der Waals surface area (Å²) in [6.45, 7) is 3.93. The fourth-order valence-corrected chi connectivity index (χ4v) is 2.57. The van der Waals surface area contributed by atoms with Crippen LogP contribution in [0.2, 0.25) is 0 Å². The number of rotatable bonds is 4. The number of imidazole rings is 1. The largest absolute Gasteiger partial charge is 0.368 e. The molecule has 6 nitrogen and oxygen atoms in total. The topological polar surface area (TPSA) is 79.0 Å². The standard InChI is InChI=1S/C15H20N4O2.ClH/c1-10-17-13-3-2-11(8-14(13)18-10)19-15(20)9-21-12-4-6-16-7-5-12;/h2-3,8,12,16H,4-7,9H2,1H3,(H,17,18)(H,19,20);1H. The first-order valence-electron chi connectivity index (χ1n) is 7.29. The summed E-state index contributed by atoms with van der Waals surface area (Å²) in [7, 11) is 0. The number of nitrogens with zero attached hydrogens (tertiary/aromatic N) is 1.